The van der Waals surface area contributed by atoms with Gasteiger partial charge >= 0.3 is 6.03 Å². The number of pyridine rings is 1. The van der Waals surface area contributed by atoms with Crippen LogP contribution in [0.3, 0.4) is 0 Å². The topological polar surface area (TPSA) is 80.0 Å². The van der Waals surface area contributed by atoms with Crippen molar-refractivity contribution >= 4 is 17.7 Å². The second kappa shape index (κ2) is 5.09. The molecule has 2 heterocycles. The molecule has 0 saturated heterocycles. The van der Waals surface area contributed by atoms with Crippen molar-refractivity contribution in [3.8, 4) is 0 Å². The number of hydrogen-bond donors (Lipinski definition) is 2. The van der Waals surface area contributed by atoms with Gasteiger partial charge in [0.15, 0.2) is 5.82 Å². The summed E-state index contributed by atoms with van der Waals surface area (Å²) in [6.45, 7) is 6.02. The van der Waals surface area contributed by atoms with Crippen LogP contribution in [0.5, 0.6) is 0 Å². The molecule has 2 amide bonds. The van der Waals surface area contributed by atoms with Crippen LogP contribution in [-0.2, 0) is 5.41 Å². The second-order valence-corrected chi connectivity index (χ2v) is 5.12. The Bertz CT molecular complexity index is 558. The Kier molecular flexibility index (Phi) is 3.50. The van der Waals surface area contributed by atoms with Gasteiger partial charge in [-0.25, -0.2) is 9.78 Å². The molecule has 0 aromatic carbocycles. The van der Waals surface area contributed by atoms with E-state index < -0.39 is 6.03 Å². The lowest BCUT2D eigenvalue weighted by atomic mass is 9.93. The van der Waals surface area contributed by atoms with Crippen LogP contribution in [0.25, 0.3) is 0 Å². The maximum absolute atomic E-state index is 11.7. The average Bonchev–Trinajstić information content (AvgIpc) is 2.78. The summed E-state index contributed by atoms with van der Waals surface area (Å²) in [5.41, 5.74) is -0.148. The fraction of sp³-hybridized carbons (Fsp3) is 0.308. The summed E-state index contributed by atoms with van der Waals surface area (Å²) >= 11 is 0. The Morgan fingerprint density at radius 1 is 1.21 bits per heavy atom. The zero-order chi connectivity index (χ0) is 13.9. The third kappa shape index (κ3) is 3.54. The van der Waals surface area contributed by atoms with Gasteiger partial charge in [-0.2, -0.15) is 0 Å². The second-order valence-electron chi connectivity index (χ2n) is 5.12. The van der Waals surface area contributed by atoms with E-state index in [1.54, 1.807) is 30.5 Å². The summed E-state index contributed by atoms with van der Waals surface area (Å²) in [6.07, 6.45) is 1.60. The standard InChI is InChI=1S/C13H16N4O2/c1-13(2,3)9-8-11(17-19-9)16-12(18)15-10-6-4-5-7-14-10/h4-8H,1-3H3,(H2,14,15,16,17,18). The number of carbonyl (C=O) groups is 1. The molecule has 0 atom stereocenters. The van der Waals surface area contributed by atoms with E-state index in [0.29, 0.717) is 17.4 Å². The first-order valence-corrected chi connectivity index (χ1v) is 5.91. The summed E-state index contributed by atoms with van der Waals surface area (Å²) in [4.78, 5) is 15.7. The number of amides is 2. The summed E-state index contributed by atoms with van der Waals surface area (Å²) < 4.78 is 5.17. The van der Waals surface area contributed by atoms with Crippen LogP contribution in [0.4, 0.5) is 16.4 Å². The van der Waals surface area contributed by atoms with E-state index in [0.717, 1.165) is 0 Å². The number of urea groups is 1. The van der Waals surface area contributed by atoms with Gasteiger partial charge in [0, 0.05) is 17.7 Å². The van der Waals surface area contributed by atoms with Crippen LogP contribution in [0.1, 0.15) is 26.5 Å². The Balaban J connectivity index is 1.98. The van der Waals surface area contributed by atoms with Crippen molar-refractivity contribution in [3.05, 3.63) is 36.2 Å². The summed E-state index contributed by atoms with van der Waals surface area (Å²) in [7, 11) is 0. The Hall–Kier alpha value is -2.37. The van der Waals surface area contributed by atoms with Gasteiger partial charge in [-0.05, 0) is 12.1 Å². The van der Waals surface area contributed by atoms with Crippen molar-refractivity contribution < 1.29 is 9.32 Å². The summed E-state index contributed by atoms with van der Waals surface area (Å²) in [6, 6.07) is 6.56. The smallest absolute Gasteiger partial charge is 0.326 e. The van der Waals surface area contributed by atoms with Crippen molar-refractivity contribution in [2.24, 2.45) is 0 Å². The van der Waals surface area contributed by atoms with Crippen LogP contribution >= 0.6 is 0 Å². The van der Waals surface area contributed by atoms with E-state index in [2.05, 4.69) is 20.8 Å². The number of nitrogens with one attached hydrogen (secondary N) is 2. The van der Waals surface area contributed by atoms with Crippen molar-refractivity contribution in [2.45, 2.75) is 26.2 Å². The predicted molar refractivity (Wildman–Crippen MR) is 72.1 cm³/mol. The Morgan fingerprint density at radius 3 is 2.53 bits per heavy atom. The summed E-state index contributed by atoms with van der Waals surface area (Å²) in [5, 5.41) is 8.98. The number of anilines is 2. The number of carbonyl (C=O) groups excluding carboxylic acids is 1. The van der Waals surface area contributed by atoms with E-state index in [1.807, 2.05) is 20.8 Å². The molecule has 0 saturated carbocycles. The van der Waals surface area contributed by atoms with Gasteiger partial charge < -0.3 is 4.52 Å². The normalized spacial score (nSPS) is 11.1. The van der Waals surface area contributed by atoms with E-state index in [4.69, 9.17) is 4.52 Å². The molecule has 0 fully saturated rings. The Labute approximate surface area is 111 Å². The zero-order valence-electron chi connectivity index (χ0n) is 11.1. The third-order valence-electron chi connectivity index (χ3n) is 2.40. The van der Waals surface area contributed by atoms with Crippen LogP contribution in [-0.4, -0.2) is 16.2 Å². The van der Waals surface area contributed by atoms with Crippen molar-refractivity contribution in [2.75, 3.05) is 10.6 Å². The van der Waals surface area contributed by atoms with E-state index >= 15 is 0 Å². The molecule has 0 spiro atoms. The van der Waals surface area contributed by atoms with Gasteiger partial charge in [0.05, 0.1) is 0 Å². The lowest BCUT2D eigenvalue weighted by Gasteiger charge is -2.12. The van der Waals surface area contributed by atoms with Gasteiger partial charge in [-0.1, -0.05) is 32.0 Å². The zero-order valence-corrected chi connectivity index (χ0v) is 11.1. The molecule has 2 aromatic rings. The van der Waals surface area contributed by atoms with Crippen LogP contribution < -0.4 is 10.6 Å². The summed E-state index contributed by atoms with van der Waals surface area (Å²) in [5.74, 6) is 1.55. The van der Waals surface area contributed by atoms with E-state index in [-0.39, 0.29) is 5.41 Å². The Morgan fingerprint density at radius 2 is 1.95 bits per heavy atom. The molecule has 2 rings (SSSR count). The molecule has 0 aliphatic carbocycles. The first-order valence-electron chi connectivity index (χ1n) is 5.91. The molecule has 0 radical (unpaired) electrons. The van der Waals surface area contributed by atoms with Gasteiger partial charge in [-0.15, -0.1) is 0 Å². The van der Waals surface area contributed by atoms with Crippen LogP contribution in [0.2, 0.25) is 0 Å². The number of nitrogens with zero attached hydrogens (tertiary/aromatic N) is 2. The van der Waals surface area contributed by atoms with Crippen molar-refractivity contribution in [1.29, 1.82) is 0 Å². The minimum Gasteiger partial charge on any atom is -0.359 e. The monoisotopic (exact) mass is 260 g/mol. The van der Waals surface area contributed by atoms with Crippen LogP contribution in [0.15, 0.2) is 35.0 Å². The number of hydrogen-bond acceptors (Lipinski definition) is 4. The number of aromatic nitrogens is 2. The van der Waals surface area contributed by atoms with E-state index in [1.165, 1.54) is 0 Å². The fourth-order valence-electron chi connectivity index (χ4n) is 1.39. The lowest BCUT2D eigenvalue weighted by molar-refractivity contribution is 0.261. The maximum atomic E-state index is 11.7. The molecular formula is C13H16N4O2. The predicted octanol–water partition coefficient (Wildman–Crippen LogP) is 3.01. The third-order valence-corrected chi connectivity index (χ3v) is 2.40. The molecule has 0 unspecified atom stereocenters. The van der Waals surface area contributed by atoms with Crippen LogP contribution in [0, 0.1) is 0 Å². The average molecular weight is 260 g/mol. The van der Waals surface area contributed by atoms with Gasteiger partial charge in [-0.3, -0.25) is 10.6 Å². The number of rotatable bonds is 2. The molecule has 100 valence electrons. The maximum Gasteiger partial charge on any atom is 0.326 e. The molecular weight excluding hydrogens is 244 g/mol. The lowest BCUT2D eigenvalue weighted by Crippen LogP contribution is -2.20. The molecule has 0 aliphatic heterocycles. The first kappa shape index (κ1) is 13.1. The SMILES string of the molecule is CC(C)(C)c1cc(NC(=O)Nc2ccccn2)no1. The highest BCUT2D eigenvalue weighted by Gasteiger charge is 2.20. The molecule has 6 nitrogen and oxygen atoms in total. The van der Waals surface area contributed by atoms with E-state index in [9.17, 15) is 4.79 Å². The quantitative estimate of drug-likeness (QED) is 0.869. The largest absolute Gasteiger partial charge is 0.359 e. The van der Waals surface area contributed by atoms with Crippen molar-refractivity contribution in [1.82, 2.24) is 10.1 Å². The highest BCUT2D eigenvalue weighted by molar-refractivity contribution is 5.98. The highest BCUT2D eigenvalue weighted by Crippen LogP contribution is 2.24. The minimum absolute atomic E-state index is 0.148. The molecule has 0 aliphatic rings. The fourth-order valence-corrected chi connectivity index (χ4v) is 1.39. The first-order chi connectivity index (χ1) is 8.95. The van der Waals surface area contributed by atoms with Gasteiger partial charge in [0.2, 0.25) is 0 Å². The molecule has 0 bridgehead atoms. The highest BCUT2D eigenvalue weighted by atomic mass is 16.5. The van der Waals surface area contributed by atoms with Crippen molar-refractivity contribution in [3.63, 3.8) is 0 Å². The molecule has 2 aromatic heterocycles. The van der Waals surface area contributed by atoms with Gasteiger partial charge in [0.25, 0.3) is 0 Å². The van der Waals surface area contributed by atoms with Gasteiger partial charge in [0.1, 0.15) is 11.6 Å². The molecule has 19 heavy (non-hydrogen) atoms. The minimum atomic E-state index is -0.410. The molecule has 2 N–H and O–H groups in total. The molecule has 6 heteroatoms.